The summed E-state index contributed by atoms with van der Waals surface area (Å²) >= 11 is 0. The Bertz CT molecular complexity index is 1080. The monoisotopic (exact) mass is 404 g/mol. The van der Waals surface area contributed by atoms with Crippen LogP contribution < -0.4 is 15.0 Å². The average molecular weight is 404 g/mol. The Hall–Kier alpha value is -3.61. The molecule has 7 heteroatoms. The normalized spacial score (nSPS) is 16.0. The zero-order valence-electron chi connectivity index (χ0n) is 17.0. The summed E-state index contributed by atoms with van der Waals surface area (Å²) in [5.74, 6) is 0.203. The van der Waals surface area contributed by atoms with Crippen LogP contribution in [0.25, 0.3) is 0 Å². The highest BCUT2D eigenvalue weighted by molar-refractivity contribution is 6.03. The van der Waals surface area contributed by atoms with Gasteiger partial charge in [-0.25, -0.2) is 0 Å². The number of aryl methyl sites for hydroxylation is 1. The molecule has 1 saturated heterocycles. The Balaban J connectivity index is 1.39. The maximum Gasteiger partial charge on any atom is 0.229 e. The predicted octanol–water partition coefficient (Wildman–Crippen LogP) is 3.24. The number of ether oxygens (including phenoxy) is 1. The van der Waals surface area contributed by atoms with Crippen molar-refractivity contribution in [2.45, 2.75) is 19.9 Å². The number of carbonyl (C=O) groups is 2. The van der Waals surface area contributed by atoms with E-state index in [9.17, 15) is 9.59 Å². The van der Waals surface area contributed by atoms with Crippen molar-refractivity contribution in [3.8, 4) is 5.75 Å². The molecule has 2 aromatic carbocycles. The topological polar surface area (TPSA) is 76.5 Å². The molecule has 7 nitrogen and oxygen atoms in total. The van der Waals surface area contributed by atoms with Crippen LogP contribution in [-0.2, 0) is 16.1 Å². The van der Waals surface area contributed by atoms with Gasteiger partial charge in [-0.3, -0.25) is 14.3 Å². The Morgan fingerprint density at radius 3 is 2.87 bits per heavy atom. The number of methoxy groups -OCH3 is 1. The van der Waals surface area contributed by atoms with Crippen molar-refractivity contribution < 1.29 is 14.3 Å². The zero-order chi connectivity index (χ0) is 21.1. The Morgan fingerprint density at radius 2 is 2.07 bits per heavy atom. The smallest absolute Gasteiger partial charge is 0.229 e. The molecular formula is C23H24N4O3. The van der Waals surface area contributed by atoms with Crippen molar-refractivity contribution in [3.05, 3.63) is 72.1 Å². The molecule has 0 unspecified atom stereocenters. The van der Waals surface area contributed by atoms with E-state index in [2.05, 4.69) is 10.4 Å². The first-order valence-corrected chi connectivity index (χ1v) is 9.86. The first kappa shape index (κ1) is 19.7. The third kappa shape index (κ3) is 4.20. The van der Waals surface area contributed by atoms with Gasteiger partial charge in [0.05, 0.1) is 31.5 Å². The number of nitrogens with zero attached hydrogens (tertiary/aromatic N) is 3. The molecule has 0 aliphatic carbocycles. The number of aromatic nitrogens is 2. The van der Waals surface area contributed by atoms with Crippen molar-refractivity contribution in [1.29, 1.82) is 0 Å². The van der Waals surface area contributed by atoms with Gasteiger partial charge in [0.15, 0.2) is 0 Å². The number of para-hydroxylation sites is 1. The molecule has 0 radical (unpaired) electrons. The van der Waals surface area contributed by atoms with Gasteiger partial charge in [0.25, 0.3) is 0 Å². The van der Waals surface area contributed by atoms with E-state index in [4.69, 9.17) is 4.74 Å². The molecule has 0 spiro atoms. The zero-order valence-corrected chi connectivity index (χ0v) is 17.0. The minimum atomic E-state index is -0.390. The van der Waals surface area contributed by atoms with E-state index >= 15 is 0 Å². The molecule has 1 fully saturated rings. The summed E-state index contributed by atoms with van der Waals surface area (Å²) in [4.78, 5) is 26.9. The van der Waals surface area contributed by atoms with Crippen LogP contribution in [0, 0.1) is 12.8 Å². The Morgan fingerprint density at radius 1 is 1.23 bits per heavy atom. The molecule has 4 rings (SSSR count). The van der Waals surface area contributed by atoms with E-state index in [0.29, 0.717) is 18.8 Å². The van der Waals surface area contributed by atoms with E-state index in [0.717, 1.165) is 22.6 Å². The van der Waals surface area contributed by atoms with Gasteiger partial charge in [0.2, 0.25) is 11.8 Å². The third-order valence-electron chi connectivity index (χ3n) is 5.28. The summed E-state index contributed by atoms with van der Waals surface area (Å²) < 4.78 is 7.00. The number of hydrogen-bond donors (Lipinski definition) is 1. The third-order valence-corrected chi connectivity index (χ3v) is 5.28. The van der Waals surface area contributed by atoms with Crippen LogP contribution in [0.2, 0.25) is 0 Å². The summed E-state index contributed by atoms with van der Waals surface area (Å²) in [5.41, 5.74) is 3.55. The summed E-state index contributed by atoms with van der Waals surface area (Å²) in [7, 11) is 1.63. The molecule has 1 atom stereocenters. The number of amides is 2. The Labute approximate surface area is 175 Å². The largest absolute Gasteiger partial charge is 0.497 e. The molecule has 154 valence electrons. The lowest BCUT2D eigenvalue weighted by Crippen LogP contribution is -2.28. The van der Waals surface area contributed by atoms with Crippen molar-refractivity contribution in [2.24, 2.45) is 5.92 Å². The number of hydrogen-bond acceptors (Lipinski definition) is 4. The van der Waals surface area contributed by atoms with E-state index in [1.807, 2.05) is 55.5 Å². The van der Waals surface area contributed by atoms with Crippen LogP contribution in [0.5, 0.6) is 5.75 Å². The fourth-order valence-electron chi connectivity index (χ4n) is 3.70. The predicted molar refractivity (Wildman–Crippen MR) is 115 cm³/mol. The van der Waals surface area contributed by atoms with Crippen molar-refractivity contribution in [1.82, 2.24) is 9.78 Å². The molecule has 0 saturated carbocycles. The highest BCUT2D eigenvalue weighted by atomic mass is 16.5. The molecule has 1 aliphatic heterocycles. The SMILES string of the molecule is COc1cccc(Cn2cc(NC(=O)[C@H]3CC(=O)N(c4ccccc4C)C3)cn2)c1. The number of anilines is 2. The second-order valence-corrected chi connectivity index (χ2v) is 7.46. The lowest BCUT2D eigenvalue weighted by molar-refractivity contribution is -0.122. The molecule has 3 aromatic rings. The number of rotatable bonds is 6. The maximum absolute atomic E-state index is 12.7. The van der Waals surface area contributed by atoms with Crippen LogP contribution in [0.15, 0.2) is 60.9 Å². The van der Waals surface area contributed by atoms with Gasteiger partial charge in [0, 0.05) is 24.8 Å². The van der Waals surface area contributed by atoms with E-state index in [1.54, 1.807) is 29.1 Å². The highest BCUT2D eigenvalue weighted by Gasteiger charge is 2.35. The summed E-state index contributed by atoms with van der Waals surface area (Å²) in [5, 5.41) is 7.21. The van der Waals surface area contributed by atoms with Crippen LogP contribution in [0.1, 0.15) is 17.5 Å². The molecular weight excluding hydrogens is 380 g/mol. The summed E-state index contributed by atoms with van der Waals surface area (Å²) in [6.45, 7) is 2.91. The van der Waals surface area contributed by atoms with Gasteiger partial charge >= 0.3 is 0 Å². The molecule has 30 heavy (non-hydrogen) atoms. The fourth-order valence-corrected chi connectivity index (χ4v) is 3.70. The number of benzene rings is 2. The number of carbonyl (C=O) groups excluding carboxylic acids is 2. The minimum Gasteiger partial charge on any atom is -0.497 e. The molecule has 1 N–H and O–H groups in total. The lowest BCUT2D eigenvalue weighted by Gasteiger charge is -2.18. The van der Waals surface area contributed by atoms with Crippen molar-refractivity contribution in [2.75, 3.05) is 23.9 Å². The standard InChI is InChI=1S/C23H24N4O3/c1-16-6-3-4-9-21(16)27-14-18(11-22(27)28)23(29)25-19-12-24-26(15-19)13-17-7-5-8-20(10-17)30-2/h3-10,12,15,18H,11,13-14H2,1-2H3,(H,25,29)/t18-/m0/s1. The molecule has 1 aliphatic rings. The second kappa shape index (κ2) is 8.41. The van der Waals surface area contributed by atoms with Crippen LogP contribution in [-0.4, -0.2) is 35.2 Å². The van der Waals surface area contributed by atoms with Crippen molar-refractivity contribution >= 4 is 23.2 Å². The second-order valence-electron chi connectivity index (χ2n) is 7.46. The maximum atomic E-state index is 12.7. The number of nitrogens with one attached hydrogen (secondary N) is 1. The minimum absolute atomic E-state index is 0.0295. The Kier molecular flexibility index (Phi) is 5.52. The van der Waals surface area contributed by atoms with Crippen LogP contribution in [0.4, 0.5) is 11.4 Å². The highest BCUT2D eigenvalue weighted by Crippen LogP contribution is 2.28. The van der Waals surface area contributed by atoms with Gasteiger partial charge in [-0.1, -0.05) is 30.3 Å². The first-order valence-electron chi connectivity index (χ1n) is 9.86. The average Bonchev–Trinajstić information content (AvgIpc) is 3.35. The molecule has 2 heterocycles. The molecule has 1 aromatic heterocycles. The molecule has 2 amide bonds. The van der Waals surface area contributed by atoms with Gasteiger partial charge < -0.3 is 15.0 Å². The lowest BCUT2D eigenvalue weighted by atomic mass is 10.1. The summed E-state index contributed by atoms with van der Waals surface area (Å²) in [6.07, 6.45) is 3.61. The van der Waals surface area contributed by atoms with E-state index in [-0.39, 0.29) is 24.2 Å². The molecule has 0 bridgehead atoms. The first-order chi connectivity index (χ1) is 14.5. The summed E-state index contributed by atoms with van der Waals surface area (Å²) in [6, 6.07) is 15.5. The van der Waals surface area contributed by atoms with Crippen LogP contribution in [0.3, 0.4) is 0 Å². The van der Waals surface area contributed by atoms with Gasteiger partial charge in [-0.2, -0.15) is 5.10 Å². The fraction of sp³-hybridized carbons (Fsp3) is 0.261. The van der Waals surface area contributed by atoms with Gasteiger partial charge in [-0.15, -0.1) is 0 Å². The van der Waals surface area contributed by atoms with Gasteiger partial charge in [0.1, 0.15) is 5.75 Å². The van der Waals surface area contributed by atoms with Gasteiger partial charge in [-0.05, 0) is 36.2 Å². The van der Waals surface area contributed by atoms with E-state index < -0.39 is 0 Å². The van der Waals surface area contributed by atoms with Crippen LogP contribution >= 0.6 is 0 Å². The van der Waals surface area contributed by atoms with E-state index in [1.165, 1.54) is 0 Å². The quantitative estimate of drug-likeness (QED) is 0.684. The van der Waals surface area contributed by atoms with Crippen molar-refractivity contribution in [3.63, 3.8) is 0 Å².